The van der Waals surface area contributed by atoms with Crippen LogP contribution in [0.5, 0.6) is 0 Å². The first-order valence-corrected chi connectivity index (χ1v) is 7.37. The highest BCUT2D eigenvalue weighted by atomic mass is 16.3. The highest BCUT2D eigenvalue weighted by Gasteiger charge is 2.20. The van der Waals surface area contributed by atoms with Crippen molar-refractivity contribution in [1.82, 2.24) is 4.98 Å². The number of anilines is 2. The number of pyridine rings is 1. The van der Waals surface area contributed by atoms with Crippen molar-refractivity contribution in [1.29, 1.82) is 0 Å². The normalized spacial score (nSPS) is 14.0. The standard InChI is InChI=1S/C17H21N3O/c1-20(8-9-21)16-6-7-17(18-12-16)19-15-10-13-4-2-3-5-14(13)11-15/h2-7,12,15,21H,8-11H2,1H3,(H,18,19). The lowest BCUT2D eigenvalue weighted by atomic mass is 10.1. The fourth-order valence-electron chi connectivity index (χ4n) is 2.85. The molecule has 0 fully saturated rings. The highest BCUT2D eigenvalue weighted by Crippen LogP contribution is 2.24. The quantitative estimate of drug-likeness (QED) is 0.882. The van der Waals surface area contributed by atoms with Crippen molar-refractivity contribution < 1.29 is 5.11 Å². The molecule has 0 spiro atoms. The average Bonchev–Trinajstić information content (AvgIpc) is 2.90. The molecule has 1 aliphatic rings. The van der Waals surface area contributed by atoms with E-state index >= 15 is 0 Å². The molecule has 0 bridgehead atoms. The summed E-state index contributed by atoms with van der Waals surface area (Å²) in [5, 5.41) is 12.5. The maximum atomic E-state index is 8.95. The highest BCUT2D eigenvalue weighted by molar-refractivity contribution is 5.50. The number of hydrogen-bond donors (Lipinski definition) is 2. The predicted molar refractivity (Wildman–Crippen MR) is 85.9 cm³/mol. The number of nitrogens with zero attached hydrogens (tertiary/aromatic N) is 2. The van der Waals surface area contributed by atoms with Gasteiger partial charge in [-0.3, -0.25) is 0 Å². The van der Waals surface area contributed by atoms with Crippen molar-refractivity contribution in [3.8, 4) is 0 Å². The Hall–Kier alpha value is -2.07. The Morgan fingerprint density at radius 2 is 1.90 bits per heavy atom. The number of nitrogens with one attached hydrogen (secondary N) is 1. The first-order chi connectivity index (χ1) is 10.3. The molecule has 4 heteroatoms. The first-order valence-electron chi connectivity index (χ1n) is 7.37. The van der Waals surface area contributed by atoms with Crippen LogP contribution >= 0.6 is 0 Å². The molecule has 0 aliphatic heterocycles. The minimum atomic E-state index is 0.150. The van der Waals surface area contributed by atoms with Gasteiger partial charge in [-0.15, -0.1) is 0 Å². The van der Waals surface area contributed by atoms with E-state index in [4.69, 9.17) is 5.11 Å². The number of likely N-dealkylation sites (N-methyl/N-ethyl adjacent to an activating group) is 1. The first kappa shape index (κ1) is 13.9. The van der Waals surface area contributed by atoms with E-state index in [2.05, 4.69) is 34.6 Å². The molecule has 0 atom stereocenters. The Labute approximate surface area is 125 Å². The van der Waals surface area contributed by atoms with Gasteiger partial charge in [0.05, 0.1) is 18.5 Å². The maximum Gasteiger partial charge on any atom is 0.126 e. The van der Waals surface area contributed by atoms with Gasteiger partial charge >= 0.3 is 0 Å². The molecule has 21 heavy (non-hydrogen) atoms. The zero-order valence-electron chi connectivity index (χ0n) is 12.3. The minimum Gasteiger partial charge on any atom is -0.395 e. The zero-order chi connectivity index (χ0) is 14.7. The smallest absolute Gasteiger partial charge is 0.126 e. The summed E-state index contributed by atoms with van der Waals surface area (Å²) in [6.45, 7) is 0.767. The number of hydrogen-bond acceptors (Lipinski definition) is 4. The molecule has 3 rings (SSSR count). The van der Waals surface area contributed by atoms with E-state index in [-0.39, 0.29) is 6.61 Å². The minimum absolute atomic E-state index is 0.150. The third-order valence-corrected chi connectivity index (χ3v) is 4.03. The van der Waals surface area contributed by atoms with Crippen LogP contribution in [0.1, 0.15) is 11.1 Å². The lowest BCUT2D eigenvalue weighted by Gasteiger charge is -2.18. The number of aliphatic hydroxyl groups is 1. The molecule has 0 unspecified atom stereocenters. The number of aromatic nitrogens is 1. The van der Waals surface area contributed by atoms with Crippen molar-refractivity contribution in [3.63, 3.8) is 0 Å². The van der Waals surface area contributed by atoms with Crippen LogP contribution in [-0.4, -0.2) is 36.3 Å². The molecule has 2 N–H and O–H groups in total. The second-order valence-corrected chi connectivity index (χ2v) is 5.57. The molecule has 0 saturated heterocycles. The van der Waals surface area contributed by atoms with E-state index in [0.29, 0.717) is 12.6 Å². The summed E-state index contributed by atoms with van der Waals surface area (Å²) in [7, 11) is 1.95. The Morgan fingerprint density at radius 1 is 1.19 bits per heavy atom. The third kappa shape index (κ3) is 3.16. The van der Waals surface area contributed by atoms with Gasteiger partial charge in [0.2, 0.25) is 0 Å². The van der Waals surface area contributed by atoms with Crippen LogP contribution in [0.3, 0.4) is 0 Å². The molecule has 4 nitrogen and oxygen atoms in total. The summed E-state index contributed by atoms with van der Waals surface area (Å²) in [6, 6.07) is 13.1. The van der Waals surface area contributed by atoms with Gasteiger partial charge in [-0.2, -0.15) is 0 Å². The van der Waals surface area contributed by atoms with Crippen molar-refractivity contribution in [2.45, 2.75) is 18.9 Å². The summed E-state index contributed by atoms with van der Waals surface area (Å²) < 4.78 is 0. The summed E-state index contributed by atoms with van der Waals surface area (Å²) in [6.07, 6.45) is 3.97. The number of rotatable bonds is 5. The Kier molecular flexibility index (Phi) is 4.06. The second kappa shape index (κ2) is 6.14. The van der Waals surface area contributed by atoms with Crippen LogP contribution in [0.2, 0.25) is 0 Å². The zero-order valence-corrected chi connectivity index (χ0v) is 12.3. The van der Waals surface area contributed by atoms with E-state index in [0.717, 1.165) is 24.3 Å². The fourth-order valence-corrected chi connectivity index (χ4v) is 2.85. The van der Waals surface area contributed by atoms with Crippen molar-refractivity contribution in [2.75, 3.05) is 30.4 Å². The van der Waals surface area contributed by atoms with E-state index in [1.165, 1.54) is 11.1 Å². The molecule has 0 radical (unpaired) electrons. The van der Waals surface area contributed by atoms with Gasteiger partial charge in [-0.05, 0) is 36.1 Å². The van der Waals surface area contributed by atoms with Crippen molar-refractivity contribution in [2.24, 2.45) is 0 Å². The van der Waals surface area contributed by atoms with Crippen molar-refractivity contribution in [3.05, 3.63) is 53.7 Å². The van der Waals surface area contributed by atoms with Gasteiger partial charge in [0, 0.05) is 19.6 Å². The van der Waals surface area contributed by atoms with Gasteiger partial charge in [0.25, 0.3) is 0 Å². The molecular formula is C17H21N3O. The molecule has 110 valence electrons. The Morgan fingerprint density at radius 3 is 2.48 bits per heavy atom. The van der Waals surface area contributed by atoms with Crippen LogP contribution in [0, 0.1) is 0 Å². The predicted octanol–water partition coefficient (Wildman–Crippen LogP) is 2.09. The van der Waals surface area contributed by atoms with Crippen LogP contribution in [0.4, 0.5) is 11.5 Å². The van der Waals surface area contributed by atoms with E-state index in [1.54, 1.807) is 0 Å². The molecule has 1 heterocycles. The van der Waals surface area contributed by atoms with Gasteiger partial charge in [0.15, 0.2) is 0 Å². The van der Waals surface area contributed by atoms with Crippen molar-refractivity contribution >= 4 is 11.5 Å². The topological polar surface area (TPSA) is 48.4 Å². The van der Waals surface area contributed by atoms with Gasteiger partial charge in [-0.1, -0.05) is 24.3 Å². The lowest BCUT2D eigenvalue weighted by molar-refractivity contribution is 0.304. The van der Waals surface area contributed by atoms with Gasteiger partial charge < -0.3 is 15.3 Å². The molecule has 0 amide bonds. The molecular weight excluding hydrogens is 262 g/mol. The van der Waals surface area contributed by atoms with E-state index in [9.17, 15) is 0 Å². The van der Waals surface area contributed by atoms with E-state index in [1.807, 2.05) is 30.3 Å². The third-order valence-electron chi connectivity index (χ3n) is 4.03. The van der Waals surface area contributed by atoms with Crippen LogP contribution < -0.4 is 10.2 Å². The summed E-state index contributed by atoms with van der Waals surface area (Å²) in [4.78, 5) is 6.46. The van der Waals surface area contributed by atoms with Crippen LogP contribution in [-0.2, 0) is 12.8 Å². The molecule has 1 aromatic carbocycles. The monoisotopic (exact) mass is 283 g/mol. The SMILES string of the molecule is CN(CCO)c1ccc(NC2Cc3ccccc3C2)nc1. The molecule has 1 aliphatic carbocycles. The second-order valence-electron chi connectivity index (χ2n) is 5.57. The Balaban J connectivity index is 1.62. The number of fused-ring (bicyclic) bond motifs is 1. The number of benzene rings is 1. The van der Waals surface area contributed by atoms with Crippen LogP contribution in [0.25, 0.3) is 0 Å². The lowest BCUT2D eigenvalue weighted by Crippen LogP contribution is -2.22. The van der Waals surface area contributed by atoms with Gasteiger partial charge in [0.1, 0.15) is 5.82 Å². The fraction of sp³-hybridized carbons (Fsp3) is 0.353. The summed E-state index contributed by atoms with van der Waals surface area (Å²) >= 11 is 0. The van der Waals surface area contributed by atoms with E-state index < -0.39 is 0 Å². The molecule has 1 aromatic heterocycles. The Bertz CT molecular complexity index is 572. The summed E-state index contributed by atoms with van der Waals surface area (Å²) in [5.41, 5.74) is 3.90. The summed E-state index contributed by atoms with van der Waals surface area (Å²) in [5.74, 6) is 0.911. The number of aliphatic hydroxyl groups excluding tert-OH is 1. The molecule has 0 saturated carbocycles. The maximum absolute atomic E-state index is 8.95. The van der Waals surface area contributed by atoms with Crippen LogP contribution in [0.15, 0.2) is 42.6 Å². The largest absolute Gasteiger partial charge is 0.395 e. The average molecular weight is 283 g/mol. The molecule has 2 aromatic rings. The van der Waals surface area contributed by atoms with Gasteiger partial charge in [-0.25, -0.2) is 4.98 Å².